The first-order chi connectivity index (χ1) is 8.99. The van der Waals surface area contributed by atoms with Gasteiger partial charge in [0.15, 0.2) is 0 Å². The monoisotopic (exact) mass is 273 g/mol. The molecule has 0 spiro atoms. The van der Waals surface area contributed by atoms with Crippen LogP contribution in [-0.2, 0) is 6.42 Å². The van der Waals surface area contributed by atoms with Gasteiger partial charge in [-0.25, -0.2) is 0 Å². The average molecular weight is 274 g/mol. The van der Waals surface area contributed by atoms with Gasteiger partial charge in [0, 0.05) is 11.1 Å². The zero-order valence-electron chi connectivity index (χ0n) is 11.7. The summed E-state index contributed by atoms with van der Waals surface area (Å²) in [6.07, 6.45) is 0.816. The summed E-state index contributed by atoms with van der Waals surface area (Å²) >= 11 is 6.35. The van der Waals surface area contributed by atoms with E-state index in [-0.39, 0.29) is 6.04 Å². The predicted molar refractivity (Wildman–Crippen MR) is 82.7 cm³/mol. The van der Waals surface area contributed by atoms with Crippen LogP contribution >= 0.6 is 11.6 Å². The van der Waals surface area contributed by atoms with Crippen molar-refractivity contribution in [3.8, 4) is 0 Å². The molecule has 0 fully saturated rings. The highest BCUT2D eigenvalue weighted by molar-refractivity contribution is 6.32. The van der Waals surface area contributed by atoms with Gasteiger partial charge in [0.25, 0.3) is 0 Å². The first kappa shape index (κ1) is 14.1. The van der Waals surface area contributed by atoms with Gasteiger partial charge in [0.1, 0.15) is 0 Å². The molecule has 1 nitrogen and oxygen atoms in total. The first-order valence-corrected chi connectivity index (χ1v) is 6.93. The van der Waals surface area contributed by atoms with Crippen LogP contribution in [0, 0.1) is 20.8 Å². The van der Waals surface area contributed by atoms with Crippen molar-refractivity contribution >= 4 is 11.6 Å². The molecule has 0 aliphatic rings. The van der Waals surface area contributed by atoms with Gasteiger partial charge in [-0.2, -0.15) is 0 Å². The van der Waals surface area contributed by atoms with E-state index < -0.39 is 0 Å². The van der Waals surface area contributed by atoms with Crippen LogP contribution in [0.3, 0.4) is 0 Å². The van der Waals surface area contributed by atoms with Gasteiger partial charge < -0.3 is 5.73 Å². The Balaban J connectivity index is 2.28. The average Bonchev–Trinajstić information content (AvgIpc) is 2.37. The largest absolute Gasteiger partial charge is 0.324 e. The molecule has 0 radical (unpaired) electrons. The molecule has 2 aromatic rings. The minimum atomic E-state index is -0.0621. The van der Waals surface area contributed by atoms with Crippen molar-refractivity contribution in [2.24, 2.45) is 5.73 Å². The third-order valence-corrected chi connectivity index (χ3v) is 4.08. The molecular weight excluding hydrogens is 254 g/mol. The van der Waals surface area contributed by atoms with Crippen molar-refractivity contribution in [3.63, 3.8) is 0 Å². The van der Waals surface area contributed by atoms with Crippen LogP contribution in [-0.4, -0.2) is 0 Å². The summed E-state index contributed by atoms with van der Waals surface area (Å²) in [5.41, 5.74) is 12.3. The first-order valence-electron chi connectivity index (χ1n) is 6.55. The Morgan fingerprint density at radius 1 is 1.05 bits per heavy atom. The Hall–Kier alpha value is -1.31. The van der Waals surface area contributed by atoms with E-state index in [1.807, 2.05) is 25.1 Å². The molecule has 2 N–H and O–H groups in total. The Kier molecular flexibility index (Phi) is 4.28. The van der Waals surface area contributed by atoms with Gasteiger partial charge in [0.05, 0.1) is 0 Å². The molecule has 0 amide bonds. The van der Waals surface area contributed by atoms with Crippen molar-refractivity contribution in [3.05, 3.63) is 69.2 Å². The fourth-order valence-electron chi connectivity index (χ4n) is 2.32. The number of aryl methyl sites for hydroxylation is 3. The van der Waals surface area contributed by atoms with E-state index in [2.05, 4.69) is 32.0 Å². The van der Waals surface area contributed by atoms with Crippen LogP contribution in [0.4, 0.5) is 0 Å². The quantitative estimate of drug-likeness (QED) is 0.875. The highest BCUT2D eigenvalue weighted by atomic mass is 35.5. The third-order valence-electron chi connectivity index (χ3n) is 3.57. The lowest BCUT2D eigenvalue weighted by Crippen LogP contribution is -2.15. The zero-order chi connectivity index (χ0) is 14.0. The standard InChI is InChI=1S/C17H20ClN/c1-11-7-8-12(2)14(9-11)10-16(19)15-6-4-5-13(3)17(15)18/h4-9,16H,10,19H2,1-3H3. The van der Waals surface area contributed by atoms with E-state index in [9.17, 15) is 0 Å². The summed E-state index contributed by atoms with van der Waals surface area (Å²) < 4.78 is 0. The lowest BCUT2D eigenvalue weighted by atomic mass is 9.95. The van der Waals surface area contributed by atoms with Gasteiger partial charge in [-0.1, -0.05) is 53.6 Å². The van der Waals surface area contributed by atoms with Gasteiger partial charge in [-0.3, -0.25) is 0 Å². The molecule has 2 aromatic carbocycles. The molecule has 2 heteroatoms. The van der Waals surface area contributed by atoms with Crippen LogP contribution < -0.4 is 5.73 Å². The normalized spacial score (nSPS) is 12.5. The number of nitrogens with two attached hydrogens (primary N) is 1. The molecule has 100 valence electrons. The maximum atomic E-state index is 6.35. The topological polar surface area (TPSA) is 26.0 Å². The number of rotatable bonds is 3. The number of hydrogen-bond donors (Lipinski definition) is 1. The van der Waals surface area contributed by atoms with Gasteiger partial charge in [-0.05, 0) is 49.4 Å². The molecule has 0 saturated heterocycles. The number of halogens is 1. The molecule has 0 aromatic heterocycles. The maximum absolute atomic E-state index is 6.35. The molecule has 1 unspecified atom stereocenters. The van der Waals surface area contributed by atoms with Gasteiger partial charge in [0.2, 0.25) is 0 Å². The summed E-state index contributed by atoms with van der Waals surface area (Å²) in [5.74, 6) is 0. The summed E-state index contributed by atoms with van der Waals surface area (Å²) in [6, 6.07) is 12.5. The van der Waals surface area contributed by atoms with Crippen LogP contribution in [0.15, 0.2) is 36.4 Å². The summed E-state index contributed by atoms with van der Waals surface area (Å²) in [4.78, 5) is 0. The Morgan fingerprint density at radius 3 is 2.53 bits per heavy atom. The highest BCUT2D eigenvalue weighted by Crippen LogP contribution is 2.27. The van der Waals surface area contributed by atoms with E-state index in [1.165, 1.54) is 16.7 Å². The summed E-state index contributed by atoms with van der Waals surface area (Å²) in [7, 11) is 0. The van der Waals surface area contributed by atoms with Crippen molar-refractivity contribution in [2.75, 3.05) is 0 Å². The SMILES string of the molecule is Cc1ccc(C)c(CC(N)c2cccc(C)c2Cl)c1. The second-order valence-electron chi connectivity index (χ2n) is 5.22. The van der Waals surface area contributed by atoms with Crippen molar-refractivity contribution in [1.82, 2.24) is 0 Å². The summed E-state index contributed by atoms with van der Waals surface area (Å²) in [6.45, 7) is 6.24. The van der Waals surface area contributed by atoms with E-state index in [0.29, 0.717) is 0 Å². The van der Waals surface area contributed by atoms with Crippen molar-refractivity contribution in [1.29, 1.82) is 0 Å². The lowest BCUT2D eigenvalue weighted by Gasteiger charge is -2.17. The van der Waals surface area contributed by atoms with Gasteiger partial charge in [-0.15, -0.1) is 0 Å². The zero-order valence-corrected chi connectivity index (χ0v) is 12.5. The molecule has 2 rings (SSSR count). The van der Waals surface area contributed by atoms with E-state index in [0.717, 1.165) is 22.6 Å². The fourth-order valence-corrected chi connectivity index (χ4v) is 2.59. The number of benzene rings is 2. The minimum Gasteiger partial charge on any atom is -0.324 e. The lowest BCUT2D eigenvalue weighted by molar-refractivity contribution is 0.718. The fraction of sp³-hybridized carbons (Fsp3) is 0.294. The van der Waals surface area contributed by atoms with Crippen LogP contribution in [0.2, 0.25) is 5.02 Å². The third kappa shape index (κ3) is 3.17. The van der Waals surface area contributed by atoms with E-state index >= 15 is 0 Å². The molecule has 0 heterocycles. The Labute approximate surface area is 120 Å². The minimum absolute atomic E-state index is 0.0621. The molecule has 0 aliphatic carbocycles. The smallest absolute Gasteiger partial charge is 0.0483 e. The predicted octanol–water partition coefficient (Wildman–Crippen LogP) is 4.51. The maximum Gasteiger partial charge on any atom is 0.0483 e. The van der Waals surface area contributed by atoms with E-state index in [1.54, 1.807) is 0 Å². The molecule has 0 aliphatic heterocycles. The molecule has 1 atom stereocenters. The molecule has 0 bridgehead atoms. The van der Waals surface area contributed by atoms with E-state index in [4.69, 9.17) is 17.3 Å². The Morgan fingerprint density at radius 2 is 1.79 bits per heavy atom. The van der Waals surface area contributed by atoms with Crippen LogP contribution in [0.1, 0.15) is 33.9 Å². The second-order valence-corrected chi connectivity index (χ2v) is 5.60. The van der Waals surface area contributed by atoms with Crippen molar-refractivity contribution < 1.29 is 0 Å². The molecular formula is C17H20ClN. The molecule has 19 heavy (non-hydrogen) atoms. The highest BCUT2D eigenvalue weighted by Gasteiger charge is 2.13. The second kappa shape index (κ2) is 5.77. The Bertz CT molecular complexity index is 590. The molecule has 0 saturated carbocycles. The van der Waals surface area contributed by atoms with Gasteiger partial charge >= 0.3 is 0 Å². The van der Waals surface area contributed by atoms with Crippen molar-refractivity contribution in [2.45, 2.75) is 33.2 Å². The van der Waals surface area contributed by atoms with Crippen LogP contribution in [0.5, 0.6) is 0 Å². The number of hydrogen-bond acceptors (Lipinski definition) is 1. The van der Waals surface area contributed by atoms with Crippen LogP contribution in [0.25, 0.3) is 0 Å². The summed E-state index contributed by atoms with van der Waals surface area (Å²) in [5, 5.41) is 0.792.